The molecule has 0 bridgehead atoms. The molecular weight excluding hydrogens is 498 g/mol. The molecule has 190 valence electrons. The van der Waals surface area contributed by atoms with E-state index in [1.807, 2.05) is 43.0 Å². The highest BCUT2D eigenvalue weighted by molar-refractivity contribution is 7.10. The van der Waals surface area contributed by atoms with Crippen LogP contribution in [0.15, 0.2) is 29.6 Å². The van der Waals surface area contributed by atoms with Crippen LogP contribution in [0.3, 0.4) is 0 Å². The van der Waals surface area contributed by atoms with Crippen molar-refractivity contribution >= 4 is 45.6 Å². The zero-order valence-corrected chi connectivity index (χ0v) is 22.4. The van der Waals surface area contributed by atoms with Gasteiger partial charge >= 0.3 is 0 Å². The molecule has 3 aromatic rings. The summed E-state index contributed by atoms with van der Waals surface area (Å²) >= 11 is 2.55. The Morgan fingerprint density at radius 2 is 1.83 bits per heavy atom. The van der Waals surface area contributed by atoms with E-state index >= 15 is 0 Å². The number of anilines is 1. The number of hydrogen-bond donors (Lipinski definition) is 0. The highest BCUT2D eigenvalue weighted by Crippen LogP contribution is 2.31. The number of piperidine rings is 1. The van der Waals surface area contributed by atoms with Crippen molar-refractivity contribution in [1.29, 1.82) is 0 Å². The fraction of sp³-hybridized carbons (Fsp3) is 0.440. The Morgan fingerprint density at radius 3 is 2.47 bits per heavy atom. The monoisotopic (exact) mass is 527 g/mol. The van der Waals surface area contributed by atoms with Gasteiger partial charge in [-0.1, -0.05) is 0 Å². The minimum Gasteiger partial charge on any atom is -0.491 e. The molecule has 0 saturated carbocycles. The number of carbonyl (C=O) groups excluding carboxylic acids is 3. The molecule has 0 N–H and O–H groups in total. The van der Waals surface area contributed by atoms with Crippen LogP contribution in [-0.2, 0) is 11.2 Å². The second kappa shape index (κ2) is 11.3. The van der Waals surface area contributed by atoms with Crippen LogP contribution in [0.25, 0.3) is 0 Å². The van der Waals surface area contributed by atoms with Crippen molar-refractivity contribution in [1.82, 2.24) is 19.2 Å². The molecule has 36 heavy (non-hydrogen) atoms. The first-order chi connectivity index (χ1) is 17.2. The number of ketones is 1. The Morgan fingerprint density at radius 1 is 1.14 bits per heavy atom. The molecule has 0 aliphatic carbocycles. The summed E-state index contributed by atoms with van der Waals surface area (Å²) in [6.07, 6.45) is 1.82. The van der Waals surface area contributed by atoms with Gasteiger partial charge in [0, 0.05) is 48.5 Å². The number of aromatic nitrogens is 3. The molecule has 1 aliphatic rings. The van der Waals surface area contributed by atoms with Gasteiger partial charge in [-0.3, -0.25) is 19.3 Å². The van der Waals surface area contributed by atoms with E-state index in [1.165, 1.54) is 23.2 Å². The number of Topliss-reactive ketones (excluding diaryl/α,β-unsaturated/α-hetero) is 1. The molecule has 1 saturated heterocycles. The normalized spacial score (nSPS) is 14.2. The Labute approximate surface area is 218 Å². The molecule has 1 fully saturated rings. The van der Waals surface area contributed by atoms with Gasteiger partial charge in [-0.15, -0.1) is 11.3 Å². The highest BCUT2D eigenvalue weighted by atomic mass is 32.1. The Hall–Kier alpha value is -3.18. The van der Waals surface area contributed by atoms with Gasteiger partial charge in [-0.2, -0.15) is 4.37 Å². The second-order valence-electron chi connectivity index (χ2n) is 9.06. The lowest BCUT2D eigenvalue weighted by Crippen LogP contribution is -2.37. The molecule has 9 nitrogen and oxygen atoms in total. The number of carbonyl (C=O) groups is 3. The van der Waals surface area contributed by atoms with E-state index in [9.17, 15) is 14.4 Å². The third-order valence-electron chi connectivity index (χ3n) is 5.80. The van der Waals surface area contributed by atoms with Crippen molar-refractivity contribution in [2.24, 2.45) is 0 Å². The van der Waals surface area contributed by atoms with Gasteiger partial charge in [0.05, 0.1) is 17.5 Å². The zero-order chi connectivity index (χ0) is 25.8. The molecule has 4 rings (SSSR count). The van der Waals surface area contributed by atoms with Gasteiger partial charge in [0.1, 0.15) is 17.2 Å². The van der Waals surface area contributed by atoms with E-state index < -0.39 is 0 Å². The smallest absolute Gasteiger partial charge is 0.279 e. The van der Waals surface area contributed by atoms with Crippen molar-refractivity contribution in [2.75, 3.05) is 25.0 Å². The van der Waals surface area contributed by atoms with Gasteiger partial charge in [0.2, 0.25) is 5.13 Å². The number of ether oxygens (including phenoxy) is 1. The first-order valence-electron chi connectivity index (χ1n) is 11.8. The molecule has 0 atom stereocenters. The van der Waals surface area contributed by atoms with E-state index in [4.69, 9.17) is 4.74 Å². The molecule has 3 heterocycles. The molecular formula is C25H29N5O4S2. The number of likely N-dealkylation sites (tertiary alicyclic amines) is 1. The first kappa shape index (κ1) is 25.9. The lowest BCUT2D eigenvalue weighted by atomic mass is 9.97. The number of amides is 2. The number of thiazole rings is 1. The van der Waals surface area contributed by atoms with Crippen LogP contribution in [-0.4, -0.2) is 63.1 Å². The summed E-state index contributed by atoms with van der Waals surface area (Å²) in [4.78, 5) is 49.3. The standard InChI is InChI=1S/C25H29N5O4S2/c1-15(2)34-19-7-5-18(6-8-19)23(32)30-11-9-17(10-12-30)22-26-20(14-35-22)24(33)29(4)25-27-21(28-36-25)13-16(3)31/h5-8,14-15,17H,9-13H2,1-4H3. The summed E-state index contributed by atoms with van der Waals surface area (Å²) in [7, 11) is 1.63. The van der Waals surface area contributed by atoms with E-state index in [0.717, 1.165) is 35.1 Å². The van der Waals surface area contributed by atoms with Crippen LogP contribution in [0.2, 0.25) is 0 Å². The minimum absolute atomic E-state index is 0.0161. The summed E-state index contributed by atoms with van der Waals surface area (Å²) < 4.78 is 9.81. The number of benzene rings is 1. The van der Waals surface area contributed by atoms with Gasteiger partial charge < -0.3 is 9.64 Å². The van der Waals surface area contributed by atoms with Crippen LogP contribution in [0, 0.1) is 0 Å². The number of hydrogen-bond acceptors (Lipinski definition) is 9. The van der Waals surface area contributed by atoms with Gasteiger partial charge in [0.15, 0.2) is 5.82 Å². The van der Waals surface area contributed by atoms with Crippen LogP contribution < -0.4 is 9.64 Å². The summed E-state index contributed by atoms with van der Waals surface area (Å²) in [5.41, 5.74) is 1.01. The zero-order valence-electron chi connectivity index (χ0n) is 20.8. The third-order valence-corrected chi connectivity index (χ3v) is 7.64. The van der Waals surface area contributed by atoms with Crippen molar-refractivity contribution < 1.29 is 19.1 Å². The predicted molar refractivity (Wildman–Crippen MR) is 139 cm³/mol. The topological polar surface area (TPSA) is 106 Å². The Balaban J connectivity index is 1.33. The first-order valence-corrected chi connectivity index (χ1v) is 13.5. The van der Waals surface area contributed by atoms with Crippen molar-refractivity contribution in [3.8, 4) is 5.75 Å². The largest absolute Gasteiger partial charge is 0.491 e. The molecule has 0 spiro atoms. The SMILES string of the molecule is CC(=O)Cc1nsc(N(C)C(=O)c2csc(C3CCN(C(=O)c4ccc(OC(C)C)cc4)CC3)n2)n1. The lowest BCUT2D eigenvalue weighted by molar-refractivity contribution is -0.116. The lowest BCUT2D eigenvalue weighted by Gasteiger charge is -2.31. The number of rotatable bonds is 8. The maximum Gasteiger partial charge on any atom is 0.279 e. The highest BCUT2D eigenvalue weighted by Gasteiger charge is 2.28. The van der Waals surface area contributed by atoms with E-state index in [-0.39, 0.29) is 36.0 Å². The van der Waals surface area contributed by atoms with Gasteiger partial charge in [0.25, 0.3) is 11.8 Å². The Bertz CT molecular complexity index is 1230. The Kier molecular flexibility index (Phi) is 8.10. The maximum absolute atomic E-state index is 12.9. The summed E-state index contributed by atoms with van der Waals surface area (Å²) in [6, 6.07) is 7.28. The fourth-order valence-electron chi connectivity index (χ4n) is 3.97. The van der Waals surface area contributed by atoms with E-state index in [1.54, 1.807) is 12.4 Å². The third kappa shape index (κ3) is 6.14. The average molecular weight is 528 g/mol. The quantitative estimate of drug-likeness (QED) is 0.432. The maximum atomic E-state index is 12.9. The predicted octanol–water partition coefficient (Wildman–Crippen LogP) is 4.21. The minimum atomic E-state index is -0.263. The molecule has 11 heteroatoms. The van der Waals surface area contributed by atoms with Crippen molar-refractivity contribution in [3.63, 3.8) is 0 Å². The second-order valence-corrected chi connectivity index (χ2v) is 10.7. The molecule has 0 unspecified atom stereocenters. The summed E-state index contributed by atoms with van der Waals surface area (Å²) in [5.74, 6) is 1.10. The fourth-order valence-corrected chi connectivity index (χ4v) is 5.58. The number of nitrogens with zero attached hydrogens (tertiary/aromatic N) is 5. The van der Waals surface area contributed by atoms with Gasteiger partial charge in [-0.05, 0) is 57.9 Å². The van der Waals surface area contributed by atoms with Crippen molar-refractivity contribution in [3.05, 3.63) is 51.7 Å². The van der Waals surface area contributed by atoms with E-state index in [0.29, 0.717) is 35.3 Å². The summed E-state index contributed by atoms with van der Waals surface area (Å²) in [6.45, 7) is 6.69. The van der Waals surface area contributed by atoms with Crippen LogP contribution in [0.5, 0.6) is 5.75 Å². The average Bonchev–Trinajstić information content (AvgIpc) is 3.53. The summed E-state index contributed by atoms with van der Waals surface area (Å²) in [5, 5.41) is 3.11. The van der Waals surface area contributed by atoms with Gasteiger partial charge in [-0.25, -0.2) is 9.97 Å². The van der Waals surface area contributed by atoms with E-state index in [2.05, 4.69) is 14.3 Å². The molecule has 1 aliphatic heterocycles. The van der Waals surface area contributed by atoms with Crippen molar-refractivity contribution in [2.45, 2.75) is 52.1 Å². The van der Waals surface area contributed by atoms with Crippen LogP contribution in [0.4, 0.5) is 5.13 Å². The molecule has 2 amide bonds. The molecule has 2 aromatic heterocycles. The van der Waals surface area contributed by atoms with Crippen LogP contribution >= 0.6 is 22.9 Å². The molecule has 0 radical (unpaired) electrons. The molecule has 1 aromatic carbocycles. The van der Waals surface area contributed by atoms with Crippen LogP contribution in [0.1, 0.15) is 71.2 Å².